The Balaban J connectivity index is 2.13. The summed E-state index contributed by atoms with van der Waals surface area (Å²) in [6, 6.07) is 4.17. The molecule has 0 aliphatic heterocycles. The first-order valence-corrected chi connectivity index (χ1v) is 6.80. The number of aromatic nitrogens is 1. The lowest BCUT2D eigenvalue weighted by Gasteiger charge is -2.06. The number of nitro benzene ring substituents is 1. The summed E-state index contributed by atoms with van der Waals surface area (Å²) in [5.74, 6) is -0.451. The Bertz CT molecular complexity index is 737. The Hall–Kier alpha value is -2.68. The molecule has 0 aliphatic rings. The minimum Gasteiger partial charge on any atom is -0.383 e. The van der Waals surface area contributed by atoms with Gasteiger partial charge in [-0.25, -0.2) is 0 Å². The fourth-order valence-electron chi connectivity index (χ4n) is 1.71. The summed E-state index contributed by atoms with van der Waals surface area (Å²) in [6.45, 7) is 0.152. The lowest BCUT2D eigenvalue weighted by atomic mass is 10.1. The molecule has 0 bridgehead atoms. The summed E-state index contributed by atoms with van der Waals surface area (Å²) >= 11 is 1.00. The molecule has 1 amide bonds. The van der Waals surface area contributed by atoms with Crippen LogP contribution >= 0.6 is 11.3 Å². The molecule has 1 aromatic carbocycles. The van der Waals surface area contributed by atoms with E-state index in [1.54, 1.807) is 12.4 Å². The number of benzene rings is 1. The average Bonchev–Trinajstić information content (AvgIpc) is 2.89. The first kappa shape index (κ1) is 14.7. The molecule has 1 heterocycles. The maximum absolute atomic E-state index is 12.0. The van der Waals surface area contributed by atoms with Gasteiger partial charge in [0.1, 0.15) is 5.69 Å². The number of nitro groups is 1. The number of thiazole rings is 1. The molecule has 0 atom stereocenters. The van der Waals surface area contributed by atoms with Gasteiger partial charge in [-0.3, -0.25) is 19.7 Å². The van der Waals surface area contributed by atoms with Gasteiger partial charge < -0.3 is 15.6 Å². The molecular formula is C12H12N4O4S. The number of hydrogen-bond donors (Lipinski definition) is 3. The summed E-state index contributed by atoms with van der Waals surface area (Å²) in [5, 5.41) is 17.8. The quantitative estimate of drug-likeness (QED) is 0.569. The zero-order valence-corrected chi connectivity index (χ0v) is 11.8. The summed E-state index contributed by atoms with van der Waals surface area (Å²) in [4.78, 5) is 35.7. The van der Waals surface area contributed by atoms with E-state index in [4.69, 9.17) is 0 Å². The second-order valence-electron chi connectivity index (χ2n) is 4.10. The van der Waals surface area contributed by atoms with Crippen molar-refractivity contribution in [3.63, 3.8) is 0 Å². The van der Waals surface area contributed by atoms with Crippen molar-refractivity contribution < 1.29 is 9.72 Å². The van der Waals surface area contributed by atoms with Gasteiger partial charge in [-0.15, -0.1) is 0 Å². The lowest BCUT2D eigenvalue weighted by molar-refractivity contribution is -0.384. The number of carbonyl (C=O) groups is 1. The van der Waals surface area contributed by atoms with Crippen molar-refractivity contribution in [2.45, 2.75) is 6.54 Å². The molecule has 0 radical (unpaired) electrons. The van der Waals surface area contributed by atoms with Crippen LogP contribution in [0.5, 0.6) is 0 Å². The van der Waals surface area contributed by atoms with Crippen molar-refractivity contribution in [2.75, 3.05) is 12.4 Å². The molecule has 0 unspecified atom stereocenters. The second-order valence-corrected chi connectivity index (χ2v) is 4.94. The SMILES string of the molecule is CNc1ccc(C(=O)NCc2csc(=O)[nH]2)cc1[N+](=O)[O-]. The van der Waals surface area contributed by atoms with Crippen LogP contribution in [0.4, 0.5) is 11.4 Å². The number of rotatable bonds is 5. The summed E-state index contributed by atoms with van der Waals surface area (Å²) in [6.07, 6.45) is 0. The largest absolute Gasteiger partial charge is 0.383 e. The van der Waals surface area contributed by atoms with E-state index in [9.17, 15) is 19.7 Å². The number of anilines is 1. The Kier molecular flexibility index (Phi) is 4.33. The third-order valence-electron chi connectivity index (χ3n) is 2.74. The Morgan fingerprint density at radius 2 is 2.24 bits per heavy atom. The van der Waals surface area contributed by atoms with Crippen molar-refractivity contribution in [3.05, 3.63) is 54.6 Å². The van der Waals surface area contributed by atoms with E-state index < -0.39 is 10.8 Å². The monoisotopic (exact) mass is 308 g/mol. The van der Waals surface area contributed by atoms with Crippen LogP contribution in [0.25, 0.3) is 0 Å². The van der Waals surface area contributed by atoms with Crippen LogP contribution in [0.1, 0.15) is 16.1 Å². The number of nitrogens with one attached hydrogen (secondary N) is 3. The molecule has 9 heteroatoms. The number of hydrogen-bond acceptors (Lipinski definition) is 6. The first-order valence-electron chi connectivity index (χ1n) is 5.92. The minimum absolute atomic E-state index is 0.152. The Morgan fingerprint density at radius 1 is 1.48 bits per heavy atom. The second kappa shape index (κ2) is 6.18. The van der Waals surface area contributed by atoms with Gasteiger partial charge in [-0.05, 0) is 12.1 Å². The zero-order valence-electron chi connectivity index (χ0n) is 11.0. The van der Waals surface area contributed by atoms with Crippen molar-refractivity contribution >= 4 is 28.6 Å². The molecule has 1 aromatic heterocycles. The summed E-state index contributed by atoms with van der Waals surface area (Å²) in [5.41, 5.74) is 0.922. The van der Waals surface area contributed by atoms with Crippen LogP contribution in [-0.2, 0) is 6.54 Å². The molecule has 2 aromatic rings. The predicted molar refractivity (Wildman–Crippen MR) is 78.8 cm³/mol. The minimum atomic E-state index is -0.557. The molecule has 0 spiro atoms. The lowest BCUT2D eigenvalue weighted by Crippen LogP contribution is -2.23. The highest BCUT2D eigenvalue weighted by Gasteiger charge is 2.16. The predicted octanol–water partition coefficient (Wildman–Crippen LogP) is 1.32. The standard InChI is InChI=1S/C12H12N4O4S/c1-13-9-3-2-7(4-10(9)16(19)20)11(17)14-5-8-6-21-12(18)15-8/h2-4,6,13H,5H2,1H3,(H,14,17)(H,15,18). The van der Waals surface area contributed by atoms with Crippen LogP contribution in [0, 0.1) is 10.1 Å². The highest BCUT2D eigenvalue weighted by Crippen LogP contribution is 2.24. The van der Waals surface area contributed by atoms with E-state index in [0.717, 1.165) is 11.3 Å². The molecule has 2 rings (SSSR count). The van der Waals surface area contributed by atoms with Crippen LogP contribution in [0.2, 0.25) is 0 Å². The van der Waals surface area contributed by atoms with Crippen molar-refractivity contribution in [3.8, 4) is 0 Å². The highest BCUT2D eigenvalue weighted by molar-refractivity contribution is 7.07. The summed E-state index contributed by atoms with van der Waals surface area (Å²) < 4.78 is 0. The fraction of sp³-hybridized carbons (Fsp3) is 0.167. The van der Waals surface area contributed by atoms with Crippen LogP contribution in [-0.4, -0.2) is 22.9 Å². The molecule has 21 heavy (non-hydrogen) atoms. The van der Waals surface area contributed by atoms with E-state index in [0.29, 0.717) is 11.4 Å². The van der Waals surface area contributed by atoms with Gasteiger partial charge in [0.05, 0.1) is 11.5 Å². The molecule has 8 nitrogen and oxygen atoms in total. The summed E-state index contributed by atoms with van der Waals surface area (Å²) in [7, 11) is 1.56. The van der Waals surface area contributed by atoms with E-state index in [1.165, 1.54) is 18.2 Å². The highest BCUT2D eigenvalue weighted by atomic mass is 32.1. The van der Waals surface area contributed by atoms with E-state index >= 15 is 0 Å². The molecule has 3 N–H and O–H groups in total. The number of aromatic amines is 1. The molecule has 0 aliphatic carbocycles. The third kappa shape index (κ3) is 3.45. The van der Waals surface area contributed by atoms with E-state index in [1.807, 2.05) is 0 Å². The van der Waals surface area contributed by atoms with Gasteiger partial charge in [0, 0.05) is 29.8 Å². The van der Waals surface area contributed by atoms with Gasteiger partial charge in [0.15, 0.2) is 0 Å². The van der Waals surface area contributed by atoms with Crippen molar-refractivity contribution in [1.82, 2.24) is 10.3 Å². The average molecular weight is 308 g/mol. The van der Waals surface area contributed by atoms with E-state index in [-0.39, 0.29) is 22.7 Å². The molecule has 0 saturated carbocycles. The smallest absolute Gasteiger partial charge is 0.304 e. The number of nitrogens with zero attached hydrogens (tertiary/aromatic N) is 1. The number of H-pyrrole nitrogens is 1. The van der Waals surface area contributed by atoms with Crippen LogP contribution in [0.15, 0.2) is 28.4 Å². The fourth-order valence-corrected chi connectivity index (χ4v) is 2.30. The third-order valence-corrected chi connectivity index (χ3v) is 3.45. The van der Waals surface area contributed by atoms with Crippen LogP contribution in [0.3, 0.4) is 0 Å². The zero-order chi connectivity index (χ0) is 15.4. The van der Waals surface area contributed by atoms with E-state index in [2.05, 4.69) is 15.6 Å². The topological polar surface area (TPSA) is 117 Å². The van der Waals surface area contributed by atoms with Crippen molar-refractivity contribution in [2.24, 2.45) is 0 Å². The Morgan fingerprint density at radius 3 is 2.81 bits per heavy atom. The van der Waals surface area contributed by atoms with Gasteiger partial charge in [-0.2, -0.15) is 0 Å². The van der Waals surface area contributed by atoms with Gasteiger partial charge in [0.2, 0.25) is 0 Å². The number of amides is 1. The molecule has 0 saturated heterocycles. The molecular weight excluding hydrogens is 296 g/mol. The van der Waals surface area contributed by atoms with Crippen molar-refractivity contribution in [1.29, 1.82) is 0 Å². The first-order chi connectivity index (χ1) is 10.0. The van der Waals surface area contributed by atoms with Crippen LogP contribution < -0.4 is 15.5 Å². The Labute approximate surface area is 123 Å². The molecule has 110 valence electrons. The van der Waals surface area contributed by atoms with Gasteiger partial charge >= 0.3 is 4.87 Å². The maximum Gasteiger partial charge on any atom is 0.304 e. The number of carbonyl (C=O) groups excluding carboxylic acids is 1. The van der Waals surface area contributed by atoms with Gasteiger partial charge in [0.25, 0.3) is 11.6 Å². The molecule has 0 fully saturated rings. The maximum atomic E-state index is 12.0. The van der Waals surface area contributed by atoms with Gasteiger partial charge in [-0.1, -0.05) is 11.3 Å². The normalized spacial score (nSPS) is 10.1.